The van der Waals surface area contributed by atoms with Gasteiger partial charge in [0.25, 0.3) is 0 Å². The van der Waals surface area contributed by atoms with E-state index in [1.165, 1.54) is 0 Å². The van der Waals surface area contributed by atoms with Crippen molar-refractivity contribution in [1.82, 2.24) is 0 Å². The second kappa shape index (κ2) is 9.79. The van der Waals surface area contributed by atoms with Crippen LogP contribution in [0.2, 0.25) is 52.4 Å². The fourth-order valence-corrected chi connectivity index (χ4v) is 15.2. The number of nitrogens with two attached hydrogens (primary N) is 1. The van der Waals surface area contributed by atoms with Crippen LogP contribution >= 0.6 is 0 Å². The fraction of sp³-hybridized carbons (Fsp3) is 0.500. The standard InChI is InChI=1S/C24H43NO3Si4/c1-21(31(9,10)27-24(2,25)29(3,4)5)26-32(28-30(6,7)8,22-17-13-11-14-18-22)23-19-15-12-16-20-23/h11-21H,25H2,1-10H3. The average molecular weight is 506 g/mol. The van der Waals surface area contributed by atoms with Gasteiger partial charge in [0.05, 0.1) is 19.1 Å². The van der Waals surface area contributed by atoms with Crippen LogP contribution in [0.1, 0.15) is 13.8 Å². The molecule has 0 radical (unpaired) electrons. The fourth-order valence-electron chi connectivity index (χ4n) is 3.36. The summed E-state index contributed by atoms with van der Waals surface area (Å²) < 4.78 is 20.9. The molecule has 2 rings (SSSR count). The lowest BCUT2D eigenvalue weighted by atomic mass is 10.4. The molecular formula is C24H43NO3Si4. The quantitative estimate of drug-likeness (QED) is 0.372. The van der Waals surface area contributed by atoms with E-state index in [1.807, 2.05) is 19.1 Å². The van der Waals surface area contributed by atoms with Crippen LogP contribution in [0.15, 0.2) is 60.7 Å². The minimum Gasteiger partial charge on any atom is -0.430 e. The molecule has 2 atom stereocenters. The van der Waals surface area contributed by atoms with Crippen molar-refractivity contribution in [2.24, 2.45) is 5.73 Å². The van der Waals surface area contributed by atoms with E-state index in [-0.39, 0.29) is 5.73 Å². The summed E-state index contributed by atoms with van der Waals surface area (Å²) in [5, 5.41) is 1.64. The van der Waals surface area contributed by atoms with E-state index in [2.05, 4.69) is 108 Å². The van der Waals surface area contributed by atoms with Crippen molar-refractivity contribution in [2.75, 3.05) is 0 Å². The molecule has 0 aliphatic rings. The van der Waals surface area contributed by atoms with E-state index in [4.69, 9.17) is 18.7 Å². The molecule has 0 amide bonds. The number of hydrogen-bond acceptors (Lipinski definition) is 4. The van der Waals surface area contributed by atoms with Gasteiger partial charge in [0.1, 0.15) is 0 Å². The van der Waals surface area contributed by atoms with Gasteiger partial charge in [0, 0.05) is 0 Å². The summed E-state index contributed by atoms with van der Waals surface area (Å²) in [7, 11) is -9.05. The number of benzene rings is 2. The predicted molar refractivity (Wildman–Crippen MR) is 147 cm³/mol. The first-order valence-corrected chi connectivity index (χ1v) is 23.2. The van der Waals surface area contributed by atoms with Crippen LogP contribution in [0.25, 0.3) is 0 Å². The van der Waals surface area contributed by atoms with E-state index in [9.17, 15) is 0 Å². The molecule has 0 saturated heterocycles. The third-order valence-electron chi connectivity index (χ3n) is 6.04. The highest BCUT2D eigenvalue weighted by molar-refractivity contribution is 6.98. The Hall–Kier alpha value is -0.852. The smallest absolute Gasteiger partial charge is 0.396 e. The van der Waals surface area contributed by atoms with Gasteiger partial charge in [0.15, 0.2) is 8.32 Å². The largest absolute Gasteiger partial charge is 0.430 e. The maximum atomic E-state index is 7.16. The van der Waals surface area contributed by atoms with Crippen LogP contribution in [-0.4, -0.2) is 44.3 Å². The molecular weight excluding hydrogens is 463 g/mol. The molecule has 0 bridgehead atoms. The lowest BCUT2D eigenvalue weighted by Gasteiger charge is -2.47. The third-order valence-corrected chi connectivity index (χ3v) is 19.1. The molecule has 4 nitrogen and oxygen atoms in total. The van der Waals surface area contributed by atoms with Gasteiger partial charge in [0.2, 0.25) is 8.32 Å². The number of hydrogen-bond donors (Lipinski definition) is 1. The summed E-state index contributed by atoms with van der Waals surface area (Å²) in [5.74, 6) is 0. The maximum Gasteiger partial charge on any atom is 0.396 e. The molecule has 0 spiro atoms. The van der Waals surface area contributed by atoms with Crippen molar-refractivity contribution in [2.45, 2.75) is 77.3 Å². The molecule has 32 heavy (non-hydrogen) atoms. The highest BCUT2D eigenvalue weighted by Gasteiger charge is 2.51. The maximum absolute atomic E-state index is 7.16. The lowest BCUT2D eigenvalue weighted by molar-refractivity contribution is 0.127. The molecule has 2 aromatic carbocycles. The Bertz CT molecular complexity index is 823. The van der Waals surface area contributed by atoms with Gasteiger partial charge >= 0.3 is 8.56 Å². The zero-order valence-electron chi connectivity index (χ0n) is 21.7. The van der Waals surface area contributed by atoms with Crippen molar-refractivity contribution in [3.05, 3.63) is 60.7 Å². The molecule has 0 fully saturated rings. The zero-order valence-corrected chi connectivity index (χ0v) is 25.7. The van der Waals surface area contributed by atoms with Crippen molar-refractivity contribution in [3.8, 4) is 0 Å². The molecule has 0 heterocycles. The van der Waals surface area contributed by atoms with E-state index >= 15 is 0 Å². The third kappa shape index (κ3) is 6.60. The Morgan fingerprint density at radius 2 is 1.16 bits per heavy atom. The Kier molecular flexibility index (Phi) is 8.38. The first-order valence-electron chi connectivity index (χ1n) is 11.5. The van der Waals surface area contributed by atoms with Crippen LogP contribution < -0.4 is 16.1 Å². The van der Waals surface area contributed by atoms with Crippen LogP contribution in [0.3, 0.4) is 0 Å². The first kappa shape index (κ1) is 27.4. The van der Waals surface area contributed by atoms with Crippen molar-refractivity contribution >= 4 is 43.6 Å². The highest BCUT2D eigenvalue weighted by atomic mass is 28.4. The average Bonchev–Trinajstić information content (AvgIpc) is 2.66. The van der Waals surface area contributed by atoms with Gasteiger partial charge in [-0.05, 0) is 57.0 Å². The van der Waals surface area contributed by atoms with Gasteiger partial charge in [-0.1, -0.05) is 80.3 Å². The molecule has 0 aliphatic heterocycles. The van der Waals surface area contributed by atoms with Gasteiger partial charge in [-0.3, -0.25) is 0 Å². The number of rotatable bonds is 10. The minimum absolute atomic E-state index is 0.106. The zero-order chi connectivity index (χ0) is 24.4. The van der Waals surface area contributed by atoms with Crippen molar-refractivity contribution in [3.63, 3.8) is 0 Å². The monoisotopic (exact) mass is 505 g/mol. The second-order valence-corrected chi connectivity index (χ2v) is 28.8. The summed E-state index contributed by atoms with van der Waals surface area (Å²) >= 11 is 0. The van der Waals surface area contributed by atoms with Gasteiger partial charge < -0.3 is 18.7 Å². The molecule has 2 N–H and O–H groups in total. The van der Waals surface area contributed by atoms with Gasteiger partial charge in [-0.25, -0.2) is 0 Å². The predicted octanol–water partition coefficient (Wildman–Crippen LogP) is 4.81. The second-order valence-electron chi connectivity index (χ2n) is 11.4. The molecule has 8 heteroatoms. The molecule has 0 aliphatic carbocycles. The normalized spacial score (nSPS) is 16.5. The van der Waals surface area contributed by atoms with Crippen molar-refractivity contribution in [1.29, 1.82) is 0 Å². The summed E-state index contributed by atoms with van der Waals surface area (Å²) in [6.45, 7) is 22.1. The lowest BCUT2D eigenvalue weighted by Crippen LogP contribution is -2.71. The van der Waals surface area contributed by atoms with E-state index in [1.54, 1.807) is 0 Å². The Balaban J connectivity index is 2.57. The van der Waals surface area contributed by atoms with Gasteiger partial charge in [-0.2, -0.15) is 0 Å². The van der Waals surface area contributed by atoms with Gasteiger partial charge in [-0.15, -0.1) is 0 Å². The summed E-state index contributed by atoms with van der Waals surface area (Å²) in [6.07, 6.45) is 0. The molecule has 2 aromatic rings. The summed E-state index contributed by atoms with van der Waals surface area (Å²) in [6, 6.07) is 21.0. The summed E-state index contributed by atoms with van der Waals surface area (Å²) in [4.78, 5) is 0. The molecule has 0 saturated carbocycles. The SMILES string of the molecule is CC(O[Si](O[Si](C)(C)C)(c1ccccc1)c1ccccc1)[Si](C)(C)OC(C)(N)[Si](C)(C)C. The minimum atomic E-state index is -2.99. The van der Waals surface area contributed by atoms with Crippen molar-refractivity contribution < 1.29 is 13.0 Å². The molecule has 0 aromatic heterocycles. The van der Waals surface area contributed by atoms with E-state index in [0.717, 1.165) is 10.4 Å². The topological polar surface area (TPSA) is 53.7 Å². The summed E-state index contributed by atoms with van der Waals surface area (Å²) in [5.41, 5.74) is 6.60. The van der Waals surface area contributed by atoms with E-state index in [0.29, 0.717) is 0 Å². The molecule has 178 valence electrons. The Morgan fingerprint density at radius 1 is 0.750 bits per heavy atom. The van der Waals surface area contributed by atoms with Crippen LogP contribution in [0.5, 0.6) is 0 Å². The van der Waals surface area contributed by atoms with Crippen LogP contribution in [-0.2, 0) is 13.0 Å². The van der Waals surface area contributed by atoms with E-state index < -0.39 is 38.6 Å². The Morgan fingerprint density at radius 3 is 1.50 bits per heavy atom. The first-order chi connectivity index (χ1) is 14.5. The van der Waals surface area contributed by atoms with Crippen LogP contribution in [0, 0.1) is 0 Å². The molecule has 2 unspecified atom stereocenters. The Labute approximate surface area is 200 Å². The highest BCUT2D eigenvalue weighted by Crippen LogP contribution is 2.28. The van der Waals surface area contributed by atoms with Crippen LogP contribution in [0.4, 0.5) is 0 Å².